The molecule has 1 saturated carbocycles. The molecule has 30 heavy (non-hydrogen) atoms. The Hall–Kier alpha value is -2.16. The molecule has 164 valence electrons. The van der Waals surface area contributed by atoms with Gasteiger partial charge in [-0.3, -0.25) is 9.59 Å². The first-order valence-electron chi connectivity index (χ1n) is 10.7. The molecule has 2 heterocycles. The third kappa shape index (κ3) is 4.94. The summed E-state index contributed by atoms with van der Waals surface area (Å²) in [4.78, 5) is 26.2. The monoisotopic (exact) mass is 417 g/mol. The van der Waals surface area contributed by atoms with Crippen molar-refractivity contribution in [1.82, 2.24) is 10.2 Å². The molecular weight excluding hydrogens is 386 g/mol. The number of anilines is 1. The molecule has 4 atom stereocenters. The number of rotatable bonds is 8. The van der Waals surface area contributed by atoms with Crippen molar-refractivity contribution in [2.75, 3.05) is 39.1 Å². The fourth-order valence-electron chi connectivity index (χ4n) is 4.31. The van der Waals surface area contributed by atoms with Gasteiger partial charge in [0.1, 0.15) is 18.0 Å². The molecular formula is C22H31N3O5. The Kier molecular flexibility index (Phi) is 6.26. The maximum absolute atomic E-state index is 12.3. The van der Waals surface area contributed by atoms with Crippen molar-refractivity contribution in [2.45, 2.75) is 49.9 Å². The smallest absolute Gasteiger partial charge is 0.238 e. The number of aliphatic hydroxyl groups is 1. The number of hydrogen-bond donors (Lipinski definition) is 3. The second-order valence-corrected chi connectivity index (χ2v) is 8.89. The molecule has 1 aliphatic carbocycles. The van der Waals surface area contributed by atoms with Gasteiger partial charge in [0.15, 0.2) is 0 Å². The van der Waals surface area contributed by atoms with Gasteiger partial charge in [-0.25, -0.2) is 0 Å². The molecule has 3 aliphatic rings. The number of ether oxygens (including phenoxy) is 2. The summed E-state index contributed by atoms with van der Waals surface area (Å²) in [5.41, 5.74) is 1.71. The van der Waals surface area contributed by atoms with Gasteiger partial charge in [0, 0.05) is 23.7 Å². The highest BCUT2D eigenvalue weighted by atomic mass is 16.6. The average molecular weight is 418 g/mol. The van der Waals surface area contributed by atoms with Crippen LogP contribution in [0.2, 0.25) is 0 Å². The maximum Gasteiger partial charge on any atom is 0.238 e. The molecule has 3 N–H and O–H groups in total. The molecule has 1 aromatic carbocycles. The average Bonchev–Trinajstić information content (AvgIpc) is 3.45. The molecule has 8 nitrogen and oxygen atoms in total. The van der Waals surface area contributed by atoms with Gasteiger partial charge in [0.05, 0.1) is 25.7 Å². The molecule has 8 heteroatoms. The quantitative estimate of drug-likeness (QED) is 0.586. The van der Waals surface area contributed by atoms with E-state index in [9.17, 15) is 14.7 Å². The number of hydrogen-bond acceptors (Lipinski definition) is 6. The summed E-state index contributed by atoms with van der Waals surface area (Å²) < 4.78 is 12.1. The third-order valence-corrected chi connectivity index (χ3v) is 5.94. The van der Waals surface area contributed by atoms with Crippen molar-refractivity contribution >= 4 is 17.5 Å². The van der Waals surface area contributed by atoms with Crippen molar-refractivity contribution in [3.63, 3.8) is 0 Å². The molecule has 0 aromatic heterocycles. The van der Waals surface area contributed by atoms with E-state index in [1.54, 1.807) is 0 Å². The molecule has 4 rings (SSSR count). The van der Waals surface area contributed by atoms with E-state index >= 15 is 0 Å². The van der Waals surface area contributed by atoms with Crippen molar-refractivity contribution in [3.05, 3.63) is 23.8 Å². The van der Waals surface area contributed by atoms with Crippen LogP contribution in [0.3, 0.4) is 0 Å². The van der Waals surface area contributed by atoms with Gasteiger partial charge in [-0.05, 0) is 57.5 Å². The lowest BCUT2D eigenvalue weighted by atomic mass is 9.84. The number of carbonyl (C=O) groups is 2. The van der Waals surface area contributed by atoms with E-state index in [4.69, 9.17) is 9.47 Å². The topological polar surface area (TPSA) is 100 Å². The lowest BCUT2D eigenvalue weighted by Crippen LogP contribution is -2.47. The molecule has 0 unspecified atom stereocenters. The second kappa shape index (κ2) is 8.91. The molecule has 0 spiro atoms. The number of amides is 2. The predicted molar refractivity (Wildman–Crippen MR) is 111 cm³/mol. The Morgan fingerprint density at radius 3 is 2.73 bits per heavy atom. The number of benzene rings is 1. The van der Waals surface area contributed by atoms with E-state index in [0.717, 1.165) is 23.5 Å². The summed E-state index contributed by atoms with van der Waals surface area (Å²) in [5, 5.41) is 15.7. The van der Waals surface area contributed by atoms with E-state index < -0.39 is 6.10 Å². The van der Waals surface area contributed by atoms with Gasteiger partial charge >= 0.3 is 0 Å². The number of fused-ring (bicyclic) bond motifs is 3. The summed E-state index contributed by atoms with van der Waals surface area (Å²) >= 11 is 0. The Bertz CT molecular complexity index is 795. The summed E-state index contributed by atoms with van der Waals surface area (Å²) in [6.07, 6.45) is 2.26. The second-order valence-electron chi connectivity index (χ2n) is 8.89. The minimum atomic E-state index is -0.482. The Labute approximate surface area is 176 Å². The fraction of sp³-hybridized carbons (Fsp3) is 0.636. The fourth-order valence-corrected chi connectivity index (χ4v) is 4.31. The van der Waals surface area contributed by atoms with Crippen LogP contribution >= 0.6 is 0 Å². The lowest BCUT2D eigenvalue weighted by molar-refractivity contribution is -0.142. The van der Waals surface area contributed by atoms with Gasteiger partial charge in [-0.15, -0.1) is 0 Å². The van der Waals surface area contributed by atoms with Gasteiger partial charge in [0.25, 0.3) is 0 Å². The molecule has 2 fully saturated rings. The highest BCUT2D eigenvalue weighted by molar-refractivity contribution is 5.92. The number of likely N-dealkylation sites (N-methyl/N-ethyl adjacent to an activating group) is 1. The number of carbonyl (C=O) groups excluding carboxylic acids is 2. The SMILES string of the molecule is CN(C)CC(=O)Nc1ccc2c(c1)[C@@H]1C[C@@H](CC(=O)NCC3CC3)O[C@@H](CO)[C@@H]1O2. The first kappa shape index (κ1) is 21.1. The molecule has 1 saturated heterocycles. The summed E-state index contributed by atoms with van der Waals surface area (Å²) in [5.74, 6) is 1.30. The van der Waals surface area contributed by atoms with E-state index in [1.165, 1.54) is 12.8 Å². The van der Waals surface area contributed by atoms with Gasteiger partial charge in [-0.1, -0.05) is 0 Å². The molecule has 2 amide bonds. The zero-order valence-corrected chi connectivity index (χ0v) is 17.6. The van der Waals surface area contributed by atoms with Crippen LogP contribution in [-0.2, 0) is 14.3 Å². The van der Waals surface area contributed by atoms with Crippen LogP contribution in [0, 0.1) is 5.92 Å². The zero-order chi connectivity index (χ0) is 21.3. The van der Waals surface area contributed by atoms with Crippen molar-refractivity contribution < 1.29 is 24.2 Å². The number of nitrogens with zero attached hydrogens (tertiary/aromatic N) is 1. The highest BCUT2D eigenvalue weighted by Crippen LogP contribution is 2.47. The van der Waals surface area contributed by atoms with Crippen molar-refractivity contribution in [2.24, 2.45) is 5.92 Å². The maximum atomic E-state index is 12.3. The molecule has 1 aromatic rings. The van der Waals surface area contributed by atoms with Crippen molar-refractivity contribution in [3.8, 4) is 5.75 Å². The predicted octanol–water partition coefficient (Wildman–Crippen LogP) is 1.10. The zero-order valence-electron chi connectivity index (χ0n) is 17.6. The van der Waals surface area contributed by atoms with Crippen LogP contribution in [0.4, 0.5) is 5.69 Å². The Balaban J connectivity index is 1.44. The number of aliphatic hydroxyl groups excluding tert-OH is 1. The van der Waals surface area contributed by atoms with Crippen LogP contribution in [0.1, 0.15) is 37.2 Å². The number of nitrogens with one attached hydrogen (secondary N) is 2. The van der Waals surface area contributed by atoms with Crippen LogP contribution in [0.25, 0.3) is 0 Å². The van der Waals surface area contributed by atoms with E-state index in [1.807, 2.05) is 37.2 Å². The minimum absolute atomic E-state index is 0.00845. The van der Waals surface area contributed by atoms with E-state index in [0.29, 0.717) is 18.9 Å². The van der Waals surface area contributed by atoms with Crippen molar-refractivity contribution in [1.29, 1.82) is 0 Å². The van der Waals surface area contributed by atoms with Gasteiger partial charge in [-0.2, -0.15) is 0 Å². The standard InChI is InChI=1S/C22H31N3O5/c1-25(2)11-21(28)24-14-5-6-18-16(7-14)17-8-15(29-19(12-26)22(17)30-18)9-20(27)23-10-13-3-4-13/h5-7,13,15,17,19,22,26H,3-4,8-12H2,1-2H3,(H,23,27)(H,24,28)/t15-,17-,19-,22+/m0/s1. The Morgan fingerprint density at radius 2 is 2.03 bits per heavy atom. The van der Waals surface area contributed by atoms with Crippen LogP contribution < -0.4 is 15.4 Å². The largest absolute Gasteiger partial charge is 0.487 e. The summed E-state index contributed by atoms with van der Waals surface area (Å²) in [6, 6.07) is 5.61. The van der Waals surface area contributed by atoms with Crippen LogP contribution in [-0.4, -0.2) is 73.9 Å². The summed E-state index contributed by atoms with van der Waals surface area (Å²) in [7, 11) is 3.69. The van der Waals surface area contributed by atoms with Crippen LogP contribution in [0.15, 0.2) is 18.2 Å². The molecule has 0 radical (unpaired) electrons. The lowest BCUT2D eigenvalue weighted by Gasteiger charge is -2.37. The highest BCUT2D eigenvalue weighted by Gasteiger charge is 2.46. The normalized spacial score (nSPS) is 27.2. The summed E-state index contributed by atoms with van der Waals surface area (Å²) in [6.45, 7) is 0.878. The van der Waals surface area contributed by atoms with Gasteiger partial charge in [0.2, 0.25) is 11.8 Å². The van der Waals surface area contributed by atoms with Gasteiger partial charge < -0.3 is 30.1 Å². The third-order valence-electron chi connectivity index (χ3n) is 5.94. The Morgan fingerprint density at radius 1 is 1.23 bits per heavy atom. The first-order valence-corrected chi connectivity index (χ1v) is 10.7. The van der Waals surface area contributed by atoms with Crippen LogP contribution in [0.5, 0.6) is 5.75 Å². The first-order chi connectivity index (χ1) is 14.4. The molecule has 0 bridgehead atoms. The van der Waals surface area contributed by atoms with E-state index in [2.05, 4.69) is 10.6 Å². The minimum Gasteiger partial charge on any atom is -0.487 e. The van der Waals surface area contributed by atoms with E-state index in [-0.39, 0.29) is 43.0 Å². The molecule has 2 aliphatic heterocycles.